The summed E-state index contributed by atoms with van der Waals surface area (Å²) < 4.78 is 0. The molecule has 3 atom stereocenters. The van der Waals surface area contributed by atoms with E-state index in [1.807, 2.05) is 6.08 Å². The normalized spacial score (nSPS) is 43.1. The lowest BCUT2D eigenvalue weighted by atomic mass is 9.64. The average Bonchev–Trinajstić information content (AvgIpc) is 2.46. The number of ketones is 1. The molecule has 1 saturated carbocycles. The first-order valence-electron chi connectivity index (χ1n) is 5.76. The van der Waals surface area contributed by atoms with Crippen LogP contribution < -0.4 is 0 Å². The molecule has 2 aliphatic rings. The molecule has 0 aromatic heterocycles. The van der Waals surface area contributed by atoms with E-state index in [-0.39, 0.29) is 0 Å². The van der Waals surface area contributed by atoms with Crippen molar-refractivity contribution in [2.45, 2.75) is 46.5 Å². The number of carbonyl (C=O) groups excluding carboxylic acids is 1. The number of carbonyl (C=O) groups is 1. The van der Waals surface area contributed by atoms with Crippen molar-refractivity contribution in [1.29, 1.82) is 0 Å². The maximum Gasteiger partial charge on any atom is 0.155 e. The molecule has 0 radical (unpaired) electrons. The van der Waals surface area contributed by atoms with Gasteiger partial charge in [0.1, 0.15) is 0 Å². The molecule has 1 heteroatoms. The molecule has 0 saturated heterocycles. The van der Waals surface area contributed by atoms with Gasteiger partial charge in [-0.25, -0.2) is 0 Å². The Balaban J connectivity index is 2.33. The minimum Gasteiger partial charge on any atom is -0.295 e. The molecule has 0 aromatic rings. The summed E-state index contributed by atoms with van der Waals surface area (Å²) >= 11 is 0. The van der Waals surface area contributed by atoms with E-state index in [0.29, 0.717) is 17.1 Å². The highest BCUT2D eigenvalue weighted by molar-refractivity contribution is 5.91. The SMILES string of the molecule is CC1=CC(=O)C[C@@H](C)[C@@]12CC[C@@H](C)C2. The van der Waals surface area contributed by atoms with Crippen LogP contribution in [0.5, 0.6) is 0 Å². The van der Waals surface area contributed by atoms with Gasteiger partial charge in [-0.05, 0) is 49.5 Å². The van der Waals surface area contributed by atoms with Gasteiger partial charge in [0.15, 0.2) is 5.78 Å². The topological polar surface area (TPSA) is 17.1 Å². The van der Waals surface area contributed by atoms with Crippen LogP contribution in [0.25, 0.3) is 0 Å². The summed E-state index contributed by atoms with van der Waals surface area (Å²) in [5, 5.41) is 0. The molecule has 2 rings (SSSR count). The molecule has 1 spiro atoms. The van der Waals surface area contributed by atoms with Crippen molar-refractivity contribution in [3.63, 3.8) is 0 Å². The number of hydrogen-bond donors (Lipinski definition) is 0. The van der Waals surface area contributed by atoms with Gasteiger partial charge in [0.2, 0.25) is 0 Å². The van der Waals surface area contributed by atoms with Crippen molar-refractivity contribution in [1.82, 2.24) is 0 Å². The van der Waals surface area contributed by atoms with Crippen LogP contribution in [0.3, 0.4) is 0 Å². The third-order valence-electron chi connectivity index (χ3n) is 4.41. The Labute approximate surface area is 86.6 Å². The predicted molar refractivity (Wildman–Crippen MR) is 58.0 cm³/mol. The van der Waals surface area contributed by atoms with Gasteiger partial charge in [-0.15, -0.1) is 0 Å². The third kappa shape index (κ3) is 1.34. The Morgan fingerprint density at radius 2 is 2.14 bits per heavy atom. The molecule has 0 amide bonds. The summed E-state index contributed by atoms with van der Waals surface area (Å²) in [5.74, 6) is 1.74. The number of hydrogen-bond acceptors (Lipinski definition) is 1. The zero-order valence-electron chi connectivity index (χ0n) is 9.47. The van der Waals surface area contributed by atoms with E-state index in [1.165, 1.54) is 24.8 Å². The van der Waals surface area contributed by atoms with Crippen LogP contribution in [0.1, 0.15) is 46.5 Å². The monoisotopic (exact) mass is 192 g/mol. The van der Waals surface area contributed by atoms with Gasteiger partial charge >= 0.3 is 0 Å². The fraction of sp³-hybridized carbons (Fsp3) is 0.769. The predicted octanol–water partition coefficient (Wildman–Crippen LogP) is 3.35. The zero-order chi connectivity index (χ0) is 10.3. The van der Waals surface area contributed by atoms with E-state index in [9.17, 15) is 4.79 Å². The maximum absolute atomic E-state index is 11.4. The van der Waals surface area contributed by atoms with Gasteiger partial charge in [0.25, 0.3) is 0 Å². The average molecular weight is 192 g/mol. The molecule has 0 bridgehead atoms. The van der Waals surface area contributed by atoms with E-state index in [1.54, 1.807) is 0 Å². The van der Waals surface area contributed by atoms with Crippen molar-refractivity contribution in [2.24, 2.45) is 17.3 Å². The summed E-state index contributed by atoms with van der Waals surface area (Å²) in [6.45, 7) is 6.75. The lowest BCUT2D eigenvalue weighted by Gasteiger charge is -2.39. The molecule has 0 aliphatic heterocycles. The first-order chi connectivity index (χ1) is 6.54. The van der Waals surface area contributed by atoms with Crippen molar-refractivity contribution in [3.8, 4) is 0 Å². The minimum absolute atomic E-state index is 0.333. The second-order valence-corrected chi connectivity index (χ2v) is 5.40. The van der Waals surface area contributed by atoms with Crippen LogP contribution in [0.2, 0.25) is 0 Å². The smallest absolute Gasteiger partial charge is 0.155 e. The lowest BCUT2D eigenvalue weighted by molar-refractivity contribution is -0.117. The van der Waals surface area contributed by atoms with Crippen LogP contribution in [-0.2, 0) is 4.79 Å². The van der Waals surface area contributed by atoms with Gasteiger partial charge in [-0.2, -0.15) is 0 Å². The first-order valence-corrected chi connectivity index (χ1v) is 5.76. The van der Waals surface area contributed by atoms with Gasteiger partial charge in [0, 0.05) is 6.42 Å². The van der Waals surface area contributed by atoms with Crippen LogP contribution >= 0.6 is 0 Å². The molecule has 0 aromatic carbocycles. The second-order valence-electron chi connectivity index (χ2n) is 5.40. The molecule has 0 unspecified atom stereocenters. The quantitative estimate of drug-likeness (QED) is 0.575. The summed E-state index contributed by atoms with van der Waals surface area (Å²) in [5.41, 5.74) is 1.73. The summed E-state index contributed by atoms with van der Waals surface area (Å²) in [7, 11) is 0. The zero-order valence-corrected chi connectivity index (χ0v) is 9.47. The molecule has 78 valence electrons. The number of allylic oxidation sites excluding steroid dienone is 2. The number of rotatable bonds is 0. The van der Waals surface area contributed by atoms with E-state index in [0.717, 1.165) is 12.3 Å². The second kappa shape index (κ2) is 3.22. The molecule has 0 N–H and O–H groups in total. The summed E-state index contributed by atoms with van der Waals surface area (Å²) in [6, 6.07) is 0. The van der Waals surface area contributed by atoms with E-state index in [2.05, 4.69) is 20.8 Å². The lowest BCUT2D eigenvalue weighted by Crippen LogP contribution is -2.33. The summed E-state index contributed by atoms with van der Waals surface area (Å²) in [6.07, 6.45) is 6.60. The molecule has 1 fully saturated rings. The van der Waals surface area contributed by atoms with Crippen molar-refractivity contribution in [3.05, 3.63) is 11.6 Å². The Morgan fingerprint density at radius 3 is 2.64 bits per heavy atom. The molecular weight excluding hydrogens is 172 g/mol. The third-order valence-corrected chi connectivity index (χ3v) is 4.41. The van der Waals surface area contributed by atoms with Crippen molar-refractivity contribution < 1.29 is 4.79 Å². The van der Waals surface area contributed by atoms with Crippen molar-refractivity contribution >= 4 is 5.78 Å². The highest BCUT2D eigenvalue weighted by Crippen LogP contribution is 2.54. The highest BCUT2D eigenvalue weighted by Gasteiger charge is 2.45. The maximum atomic E-state index is 11.4. The Morgan fingerprint density at radius 1 is 1.43 bits per heavy atom. The molecule has 1 nitrogen and oxygen atoms in total. The first kappa shape index (κ1) is 9.95. The van der Waals surface area contributed by atoms with E-state index in [4.69, 9.17) is 0 Å². The van der Waals surface area contributed by atoms with Crippen molar-refractivity contribution in [2.75, 3.05) is 0 Å². The standard InChI is InChI=1S/C13H20O/c1-9-4-5-13(8-9)10(2)6-12(14)7-11(13)3/h6,9,11H,4-5,7-8H2,1-3H3/t9-,11-,13-/m1/s1. The summed E-state index contributed by atoms with van der Waals surface area (Å²) in [4.78, 5) is 11.4. The van der Waals surface area contributed by atoms with E-state index >= 15 is 0 Å². The molecule has 0 heterocycles. The Bertz CT molecular complexity index is 290. The van der Waals surface area contributed by atoms with Crippen LogP contribution in [0.4, 0.5) is 0 Å². The van der Waals surface area contributed by atoms with Gasteiger partial charge < -0.3 is 0 Å². The minimum atomic E-state index is 0.333. The molecular formula is C13H20O. The largest absolute Gasteiger partial charge is 0.295 e. The van der Waals surface area contributed by atoms with Crippen LogP contribution in [0, 0.1) is 17.3 Å². The van der Waals surface area contributed by atoms with E-state index < -0.39 is 0 Å². The van der Waals surface area contributed by atoms with Gasteiger partial charge in [-0.3, -0.25) is 4.79 Å². The molecule has 2 aliphatic carbocycles. The van der Waals surface area contributed by atoms with Gasteiger partial charge in [-0.1, -0.05) is 19.4 Å². The fourth-order valence-electron chi connectivity index (χ4n) is 3.47. The van der Waals surface area contributed by atoms with Gasteiger partial charge in [0.05, 0.1) is 0 Å². The van der Waals surface area contributed by atoms with Crippen LogP contribution in [-0.4, -0.2) is 5.78 Å². The van der Waals surface area contributed by atoms with Crippen LogP contribution in [0.15, 0.2) is 11.6 Å². The fourth-order valence-corrected chi connectivity index (χ4v) is 3.47. The Kier molecular flexibility index (Phi) is 2.29. The highest BCUT2D eigenvalue weighted by atomic mass is 16.1. The molecule has 14 heavy (non-hydrogen) atoms. The Hall–Kier alpha value is -0.590.